The maximum Gasteiger partial charge on any atom is 0.208 e. The van der Waals surface area contributed by atoms with Crippen LogP contribution in [0.1, 0.15) is 6.92 Å². The Labute approximate surface area is 105 Å². The smallest absolute Gasteiger partial charge is 0.208 e. The van der Waals surface area contributed by atoms with Crippen molar-refractivity contribution in [2.45, 2.75) is 18.1 Å². The molecule has 0 aliphatic carbocycles. The molecule has 15 heavy (non-hydrogen) atoms. The minimum Gasteiger partial charge on any atom is -0.358 e. The zero-order chi connectivity index (χ0) is 11.4. The number of hydrogen-bond donors (Lipinski definition) is 3. The van der Waals surface area contributed by atoms with E-state index in [1.54, 1.807) is 6.92 Å². The zero-order valence-electron chi connectivity index (χ0n) is 9.58. The summed E-state index contributed by atoms with van der Waals surface area (Å²) in [7, 11) is 5.16. The fourth-order valence-electron chi connectivity index (χ4n) is 1.05. The van der Waals surface area contributed by atoms with E-state index in [0.717, 1.165) is 0 Å². The molecule has 0 rings (SSSR count). The number of thiol groups is 1. The number of rotatable bonds is 5. The lowest BCUT2D eigenvalue weighted by Crippen LogP contribution is -2.66. The highest BCUT2D eigenvalue weighted by atomic mass is 35.5. The van der Waals surface area contributed by atoms with Crippen molar-refractivity contribution < 1.29 is 14.2 Å². The number of amidine groups is 1. The van der Waals surface area contributed by atoms with Gasteiger partial charge in [0.25, 0.3) is 0 Å². The van der Waals surface area contributed by atoms with Crippen LogP contribution >= 0.6 is 25.0 Å². The van der Waals surface area contributed by atoms with Crippen molar-refractivity contribution in [3.05, 3.63) is 0 Å². The quantitative estimate of drug-likeness (QED) is 0.209. The van der Waals surface area contributed by atoms with E-state index in [1.807, 2.05) is 0 Å². The molecule has 0 spiro atoms. The zero-order valence-corrected chi connectivity index (χ0v) is 13.3. The summed E-state index contributed by atoms with van der Waals surface area (Å²) in [5.74, 6) is -0.941. The van der Waals surface area contributed by atoms with Crippen molar-refractivity contribution in [1.82, 2.24) is 5.32 Å². The number of hydrogen-bond acceptors (Lipinski definition) is 4. The third-order valence-electron chi connectivity index (χ3n) is 2.41. The topological polar surface area (TPSA) is 63.6 Å². The van der Waals surface area contributed by atoms with Gasteiger partial charge in [-0.3, -0.25) is 5.41 Å². The fraction of sp³-hybridized carbons (Fsp3) is 0.857. The van der Waals surface area contributed by atoms with Gasteiger partial charge < -0.3 is 19.5 Å². The van der Waals surface area contributed by atoms with Crippen molar-refractivity contribution in [2.24, 2.45) is 0 Å². The van der Waals surface area contributed by atoms with Crippen LogP contribution < -0.4 is 5.32 Å². The van der Waals surface area contributed by atoms with Gasteiger partial charge in [0, 0.05) is 21.3 Å². The van der Waals surface area contributed by atoms with E-state index in [0.29, 0.717) is 10.2 Å². The van der Waals surface area contributed by atoms with Crippen LogP contribution in [0.5, 0.6) is 0 Å². The van der Waals surface area contributed by atoms with E-state index in [9.17, 15) is 0 Å². The highest BCUT2D eigenvalue weighted by molar-refractivity contribution is 7.96. The van der Waals surface area contributed by atoms with E-state index in [1.165, 1.54) is 21.3 Å². The van der Waals surface area contributed by atoms with Crippen molar-refractivity contribution >= 4 is 40.4 Å². The summed E-state index contributed by atoms with van der Waals surface area (Å²) in [6.45, 7) is 1.74. The molecule has 0 heterocycles. The molecule has 0 saturated carbocycles. The van der Waals surface area contributed by atoms with Crippen LogP contribution in [0.4, 0.5) is 0 Å². The van der Waals surface area contributed by atoms with Gasteiger partial charge in [-0.25, -0.2) is 0 Å². The molecule has 0 saturated heterocycles. The largest absolute Gasteiger partial charge is 0.358 e. The molecule has 0 aromatic carbocycles. The lowest BCUT2D eigenvalue weighted by Gasteiger charge is -2.43. The second kappa shape index (κ2) is 6.72. The Balaban J connectivity index is 0. The van der Waals surface area contributed by atoms with Gasteiger partial charge in [0.2, 0.25) is 5.79 Å². The molecule has 92 valence electrons. The van der Waals surface area contributed by atoms with Gasteiger partial charge >= 0.3 is 0 Å². The summed E-state index contributed by atoms with van der Waals surface area (Å²) in [4.78, 5) is 0. The number of methoxy groups -OCH3 is 3. The molecule has 2 N–H and O–H groups in total. The summed E-state index contributed by atoms with van der Waals surface area (Å²) in [5, 5.41) is 9.23. The predicted molar refractivity (Wildman–Crippen MR) is 69.2 cm³/mol. The molecule has 1 unspecified atom stereocenters. The highest BCUT2D eigenvalue weighted by Gasteiger charge is 2.46. The summed E-state index contributed by atoms with van der Waals surface area (Å²) < 4.78 is 15.8. The molecular weight excluding hydrogens is 256 g/mol. The van der Waals surface area contributed by atoms with Crippen LogP contribution in [-0.2, 0) is 14.2 Å². The molecule has 0 amide bonds. The number of halogens is 1. The van der Waals surface area contributed by atoms with Crippen molar-refractivity contribution in [3.63, 3.8) is 0 Å². The van der Waals surface area contributed by atoms with E-state index in [-0.39, 0.29) is 17.6 Å². The van der Waals surface area contributed by atoms with Crippen molar-refractivity contribution in [1.29, 1.82) is 5.41 Å². The Kier molecular flexibility index (Phi) is 7.88. The van der Waals surface area contributed by atoms with E-state index in [2.05, 4.69) is 17.9 Å². The molecule has 0 aromatic heterocycles. The average molecular weight is 275 g/mol. The van der Waals surface area contributed by atoms with Gasteiger partial charge in [-0.1, -0.05) is 0 Å². The second-order valence-electron chi connectivity index (χ2n) is 3.06. The number of nitrogens with one attached hydrogen (secondary N) is 2. The van der Waals surface area contributed by atoms with Gasteiger partial charge in [0.15, 0.2) is 10.5 Å². The first kappa shape index (κ1) is 17.6. The first-order chi connectivity index (χ1) is 6.35. The summed E-state index contributed by atoms with van der Waals surface area (Å²) in [6.07, 6.45) is 0. The Morgan fingerprint density at radius 1 is 1.27 bits per heavy atom. The fourth-order valence-corrected chi connectivity index (χ4v) is 2.13. The predicted octanol–water partition coefficient (Wildman–Crippen LogP) is -0.463. The third kappa shape index (κ3) is 3.93. The van der Waals surface area contributed by atoms with Crippen LogP contribution in [0.2, 0.25) is 0 Å². The second-order valence-corrected chi connectivity index (χ2v) is 4.92. The first-order valence-electron chi connectivity index (χ1n) is 4.06. The third-order valence-corrected chi connectivity index (χ3v) is 4.09. The summed E-state index contributed by atoms with van der Waals surface area (Å²) >= 11 is 3.86. The first-order valence-corrected chi connectivity index (χ1v) is 5.51. The van der Waals surface area contributed by atoms with Crippen LogP contribution in [0.15, 0.2) is 0 Å². The molecule has 0 aliphatic rings. The molecule has 0 aromatic rings. The van der Waals surface area contributed by atoms with E-state index in [4.69, 9.17) is 19.6 Å². The standard InChI is InChI=1S/C7H18N2O3SSi.ClH/c1-6(10-2,11-3)7(14,12-4)9-5(8)13;/h1-4,14H3,(H3,8,9,13);1H. The molecule has 8 heteroatoms. The molecular formula is C7H19ClN2O3SSi. The van der Waals surface area contributed by atoms with E-state index < -0.39 is 11.1 Å². The van der Waals surface area contributed by atoms with Crippen LogP contribution in [-0.4, -0.2) is 47.9 Å². The van der Waals surface area contributed by atoms with Gasteiger partial charge in [0.1, 0.15) is 0 Å². The maximum atomic E-state index is 7.27. The number of ether oxygens (including phenoxy) is 3. The maximum absolute atomic E-state index is 7.27. The van der Waals surface area contributed by atoms with Gasteiger partial charge in [-0.05, 0) is 6.92 Å². The SMILES string of the molecule is COC([SiH3])(NC(=N)S)C(C)(OC)OC.Cl. The normalized spacial score (nSPS) is 15.3. The Bertz CT molecular complexity index is 218. The Hall–Kier alpha value is 0.207. The van der Waals surface area contributed by atoms with Gasteiger partial charge in [-0.15, -0.1) is 25.0 Å². The molecule has 0 fully saturated rings. The molecule has 0 aliphatic heterocycles. The van der Waals surface area contributed by atoms with Gasteiger partial charge in [-0.2, -0.15) is 0 Å². The van der Waals surface area contributed by atoms with Crippen molar-refractivity contribution in [2.75, 3.05) is 21.3 Å². The van der Waals surface area contributed by atoms with Gasteiger partial charge in [0.05, 0.1) is 10.2 Å². The van der Waals surface area contributed by atoms with E-state index >= 15 is 0 Å². The average Bonchev–Trinajstić information content (AvgIpc) is 2.15. The summed E-state index contributed by atoms with van der Waals surface area (Å²) in [5.41, 5.74) is 0. The minimum absolute atomic E-state index is 0. The van der Waals surface area contributed by atoms with Crippen LogP contribution in [0, 0.1) is 5.41 Å². The van der Waals surface area contributed by atoms with Crippen LogP contribution in [0.25, 0.3) is 0 Å². The molecule has 1 atom stereocenters. The monoisotopic (exact) mass is 274 g/mol. The minimum atomic E-state index is -0.941. The summed E-state index contributed by atoms with van der Waals surface area (Å²) in [6, 6.07) is 0. The van der Waals surface area contributed by atoms with Crippen LogP contribution in [0.3, 0.4) is 0 Å². The van der Waals surface area contributed by atoms with Crippen molar-refractivity contribution in [3.8, 4) is 0 Å². The lowest BCUT2D eigenvalue weighted by molar-refractivity contribution is -0.274. The molecule has 0 radical (unpaired) electrons. The highest BCUT2D eigenvalue weighted by Crippen LogP contribution is 2.24. The molecule has 5 nitrogen and oxygen atoms in total. The lowest BCUT2D eigenvalue weighted by atomic mass is 10.2. The Morgan fingerprint density at radius 2 is 1.67 bits per heavy atom. The molecule has 0 bridgehead atoms. The Morgan fingerprint density at radius 3 is 1.87 bits per heavy atom.